The Morgan fingerprint density at radius 3 is 2.68 bits per heavy atom. The molecule has 1 fully saturated rings. The number of amides is 1. The fourth-order valence-corrected chi connectivity index (χ4v) is 4.10. The number of aromatic amines is 1. The molecule has 0 radical (unpaired) electrons. The SMILES string of the molecule is O=C(c1ccc(-c2n[nH]c3cc(Nc4ccccc4Cl)ccc23)cc1)N1CCC(O)C1. The summed E-state index contributed by atoms with van der Waals surface area (Å²) in [5.74, 6) is -0.0507. The Morgan fingerprint density at radius 1 is 1.13 bits per heavy atom. The van der Waals surface area contributed by atoms with Crippen LogP contribution >= 0.6 is 11.6 Å². The van der Waals surface area contributed by atoms with E-state index in [4.69, 9.17) is 11.6 Å². The number of nitrogens with zero attached hydrogens (tertiary/aromatic N) is 2. The lowest BCUT2D eigenvalue weighted by Crippen LogP contribution is -2.29. The summed E-state index contributed by atoms with van der Waals surface area (Å²) in [5.41, 5.74) is 5.02. The van der Waals surface area contributed by atoms with Crippen molar-refractivity contribution in [1.29, 1.82) is 0 Å². The number of β-amino-alcohol motifs (C(OH)–C–C–N with tert-alkyl or cyclic N) is 1. The van der Waals surface area contributed by atoms with Crippen molar-refractivity contribution in [2.45, 2.75) is 12.5 Å². The third kappa shape index (κ3) is 3.87. The highest BCUT2D eigenvalue weighted by Gasteiger charge is 2.25. The number of rotatable bonds is 4. The number of hydrogen-bond donors (Lipinski definition) is 3. The zero-order valence-corrected chi connectivity index (χ0v) is 17.4. The molecule has 3 N–H and O–H groups in total. The van der Waals surface area contributed by atoms with Gasteiger partial charge in [0.1, 0.15) is 0 Å². The van der Waals surface area contributed by atoms with E-state index in [0.29, 0.717) is 30.1 Å². The van der Waals surface area contributed by atoms with Crippen molar-refractivity contribution in [2.75, 3.05) is 18.4 Å². The van der Waals surface area contributed by atoms with E-state index < -0.39 is 6.10 Å². The van der Waals surface area contributed by atoms with Gasteiger partial charge in [-0.15, -0.1) is 0 Å². The lowest BCUT2D eigenvalue weighted by molar-refractivity contribution is 0.0765. The van der Waals surface area contributed by atoms with E-state index in [-0.39, 0.29) is 5.91 Å². The summed E-state index contributed by atoms with van der Waals surface area (Å²) in [5, 5.41) is 22.2. The van der Waals surface area contributed by atoms with E-state index in [1.807, 2.05) is 66.7 Å². The molecular formula is C24H21ClN4O2. The third-order valence-corrected chi connectivity index (χ3v) is 5.90. The van der Waals surface area contributed by atoms with Crippen molar-refractivity contribution in [1.82, 2.24) is 15.1 Å². The fraction of sp³-hybridized carbons (Fsp3) is 0.167. The maximum Gasteiger partial charge on any atom is 0.253 e. The number of likely N-dealkylation sites (tertiary alicyclic amines) is 1. The Morgan fingerprint density at radius 2 is 1.94 bits per heavy atom. The number of nitrogens with one attached hydrogen (secondary N) is 2. The Labute approximate surface area is 184 Å². The number of H-pyrrole nitrogens is 1. The van der Waals surface area contributed by atoms with Crippen LogP contribution in [-0.4, -0.2) is 45.3 Å². The summed E-state index contributed by atoms with van der Waals surface area (Å²) in [6.07, 6.45) is 0.215. The highest BCUT2D eigenvalue weighted by atomic mass is 35.5. The molecule has 31 heavy (non-hydrogen) atoms. The lowest BCUT2D eigenvalue weighted by Gasteiger charge is -2.15. The molecular weight excluding hydrogens is 412 g/mol. The molecule has 1 aliphatic heterocycles. The van der Waals surface area contributed by atoms with E-state index in [1.54, 1.807) is 4.90 Å². The standard InChI is InChI=1S/C24H21ClN4O2/c25-20-3-1-2-4-21(20)26-17-9-10-19-22(13-17)27-28-23(19)15-5-7-16(8-6-15)24(31)29-12-11-18(30)14-29/h1-10,13,18,26,30H,11-12,14H2,(H,27,28). The summed E-state index contributed by atoms with van der Waals surface area (Å²) in [6.45, 7) is 0.992. The number of anilines is 2. The number of fused-ring (bicyclic) bond motifs is 1. The van der Waals surface area contributed by atoms with Crippen LogP contribution in [0, 0.1) is 0 Å². The molecule has 3 aromatic carbocycles. The Hall–Kier alpha value is -3.35. The van der Waals surface area contributed by atoms with E-state index >= 15 is 0 Å². The first-order valence-electron chi connectivity index (χ1n) is 10.2. The molecule has 7 heteroatoms. The van der Waals surface area contributed by atoms with Crippen LogP contribution in [0.1, 0.15) is 16.8 Å². The van der Waals surface area contributed by atoms with Crippen LogP contribution in [0.2, 0.25) is 5.02 Å². The first kappa shape index (κ1) is 19.6. The number of aliphatic hydroxyl groups is 1. The van der Waals surface area contributed by atoms with Gasteiger partial charge in [0.2, 0.25) is 0 Å². The first-order valence-corrected chi connectivity index (χ1v) is 10.5. The molecule has 0 bridgehead atoms. The quantitative estimate of drug-likeness (QED) is 0.431. The molecule has 1 unspecified atom stereocenters. The summed E-state index contributed by atoms with van der Waals surface area (Å²) < 4.78 is 0. The minimum Gasteiger partial charge on any atom is -0.391 e. The maximum atomic E-state index is 12.6. The van der Waals surface area contributed by atoms with Crippen LogP contribution in [-0.2, 0) is 0 Å². The molecule has 5 rings (SSSR count). The predicted molar refractivity (Wildman–Crippen MR) is 123 cm³/mol. The Kier molecular flexibility index (Phi) is 5.10. The molecule has 156 valence electrons. The molecule has 6 nitrogen and oxygen atoms in total. The van der Waals surface area contributed by atoms with Crippen LogP contribution in [0.3, 0.4) is 0 Å². The summed E-state index contributed by atoms with van der Waals surface area (Å²) in [7, 11) is 0. The molecule has 0 spiro atoms. The van der Waals surface area contributed by atoms with Crippen molar-refractivity contribution in [3.8, 4) is 11.3 Å². The van der Waals surface area contributed by atoms with E-state index in [1.165, 1.54) is 0 Å². The van der Waals surface area contributed by atoms with Crippen LogP contribution in [0.5, 0.6) is 0 Å². The molecule has 1 atom stereocenters. The number of aromatic nitrogens is 2. The smallest absolute Gasteiger partial charge is 0.253 e. The van der Waals surface area contributed by atoms with Crippen molar-refractivity contribution < 1.29 is 9.90 Å². The topological polar surface area (TPSA) is 81.2 Å². The molecule has 0 aliphatic carbocycles. The highest BCUT2D eigenvalue weighted by Crippen LogP contribution is 2.31. The second-order valence-corrected chi connectivity index (χ2v) is 8.12. The molecule has 1 aromatic heterocycles. The van der Waals surface area contributed by atoms with Crippen LogP contribution in [0.4, 0.5) is 11.4 Å². The molecule has 0 saturated carbocycles. The first-order chi connectivity index (χ1) is 15.1. The van der Waals surface area contributed by atoms with E-state index in [9.17, 15) is 9.90 Å². The van der Waals surface area contributed by atoms with E-state index in [2.05, 4.69) is 15.5 Å². The van der Waals surface area contributed by atoms with E-state index in [0.717, 1.165) is 33.5 Å². The van der Waals surface area contributed by atoms with Gasteiger partial charge in [0, 0.05) is 35.3 Å². The number of hydrogen-bond acceptors (Lipinski definition) is 4. The maximum absolute atomic E-state index is 12.6. The summed E-state index contributed by atoms with van der Waals surface area (Å²) in [4.78, 5) is 14.3. The monoisotopic (exact) mass is 432 g/mol. The van der Waals surface area contributed by atoms with Gasteiger partial charge in [-0.05, 0) is 48.9 Å². The summed E-state index contributed by atoms with van der Waals surface area (Å²) >= 11 is 6.24. The van der Waals surface area contributed by atoms with Crippen molar-refractivity contribution in [2.24, 2.45) is 0 Å². The highest BCUT2D eigenvalue weighted by molar-refractivity contribution is 6.33. The van der Waals surface area contributed by atoms with Gasteiger partial charge in [-0.1, -0.05) is 35.9 Å². The number of halogens is 1. The molecule has 1 aliphatic rings. The third-order valence-electron chi connectivity index (χ3n) is 5.57. The molecule has 2 heterocycles. The Bertz CT molecular complexity index is 1250. The van der Waals surface area contributed by atoms with Gasteiger partial charge in [0.15, 0.2) is 0 Å². The number of aliphatic hydroxyl groups excluding tert-OH is 1. The van der Waals surface area contributed by atoms with Crippen LogP contribution < -0.4 is 5.32 Å². The Balaban J connectivity index is 1.38. The number of para-hydroxylation sites is 1. The lowest BCUT2D eigenvalue weighted by atomic mass is 10.0. The number of carbonyl (C=O) groups excluding carboxylic acids is 1. The summed E-state index contributed by atoms with van der Waals surface area (Å²) in [6, 6.07) is 21.0. The van der Waals surface area contributed by atoms with Crippen molar-refractivity contribution in [3.05, 3.63) is 77.3 Å². The van der Waals surface area contributed by atoms with Crippen LogP contribution in [0.25, 0.3) is 22.2 Å². The predicted octanol–water partition coefficient (Wildman–Crippen LogP) is 4.83. The molecule has 1 saturated heterocycles. The van der Waals surface area contributed by atoms with Crippen molar-refractivity contribution in [3.63, 3.8) is 0 Å². The van der Waals surface area contributed by atoms with Crippen LogP contribution in [0.15, 0.2) is 66.7 Å². The molecule has 1 amide bonds. The largest absolute Gasteiger partial charge is 0.391 e. The fourth-order valence-electron chi connectivity index (χ4n) is 3.92. The zero-order valence-electron chi connectivity index (χ0n) is 16.7. The second kappa shape index (κ2) is 8.06. The van der Waals surface area contributed by atoms with Gasteiger partial charge >= 0.3 is 0 Å². The number of benzene rings is 3. The number of carbonyl (C=O) groups is 1. The van der Waals surface area contributed by atoms with Gasteiger partial charge in [-0.25, -0.2) is 0 Å². The second-order valence-electron chi connectivity index (χ2n) is 7.71. The van der Waals surface area contributed by atoms with Gasteiger partial charge < -0.3 is 15.3 Å². The molecule has 4 aromatic rings. The van der Waals surface area contributed by atoms with Gasteiger partial charge in [-0.2, -0.15) is 5.10 Å². The average Bonchev–Trinajstić information content (AvgIpc) is 3.41. The van der Waals surface area contributed by atoms with Gasteiger partial charge in [-0.3, -0.25) is 9.89 Å². The van der Waals surface area contributed by atoms with Gasteiger partial charge in [0.05, 0.1) is 28.0 Å². The minimum atomic E-state index is -0.420. The van der Waals surface area contributed by atoms with Gasteiger partial charge in [0.25, 0.3) is 5.91 Å². The normalized spacial score (nSPS) is 16.1. The van der Waals surface area contributed by atoms with Crippen molar-refractivity contribution >= 4 is 39.8 Å². The average molecular weight is 433 g/mol. The minimum absolute atomic E-state index is 0.0507. The zero-order chi connectivity index (χ0) is 21.4.